The van der Waals surface area contributed by atoms with Gasteiger partial charge in [-0.1, -0.05) is 24.3 Å². The van der Waals surface area contributed by atoms with Crippen LogP contribution < -0.4 is 0 Å². The molecule has 0 bridgehead atoms. The average Bonchev–Trinajstić information content (AvgIpc) is 2.30. The molecule has 1 N–H and O–H groups in total. The molecule has 0 heterocycles. The minimum absolute atomic E-state index is 0.217. The minimum Gasteiger partial charge on any atom is -0.478 e. The molecule has 0 unspecified atom stereocenters. The molecular weight excluding hydrogens is 220 g/mol. The summed E-state index contributed by atoms with van der Waals surface area (Å²) < 4.78 is 4.76. The number of benzene rings is 1. The van der Waals surface area contributed by atoms with Crippen LogP contribution in [0.2, 0.25) is 0 Å². The smallest absolute Gasteiger partial charge is 0.335 e. The van der Waals surface area contributed by atoms with E-state index in [2.05, 4.69) is 0 Å². The summed E-state index contributed by atoms with van der Waals surface area (Å²) in [5.74, 6) is -1.22. The maximum atomic E-state index is 11.0. The zero-order valence-corrected chi connectivity index (χ0v) is 9.55. The Morgan fingerprint density at radius 3 is 2.47 bits per heavy atom. The van der Waals surface area contributed by atoms with Gasteiger partial charge in [-0.2, -0.15) is 0 Å². The number of rotatable bonds is 5. The predicted octanol–water partition coefficient (Wildman–Crippen LogP) is 2.35. The fourth-order valence-electron chi connectivity index (χ4n) is 1.25. The second-order valence-corrected chi connectivity index (χ2v) is 3.34. The number of aromatic carboxylic acids is 1. The van der Waals surface area contributed by atoms with Gasteiger partial charge in [0.25, 0.3) is 0 Å². The van der Waals surface area contributed by atoms with E-state index in [0.29, 0.717) is 6.61 Å². The van der Waals surface area contributed by atoms with E-state index in [1.165, 1.54) is 12.1 Å². The highest BCUT2D eigenvalue weighted by atomic mass is 16.5. The summed E-state index contributed by atoms with van der Waals surface area (Å²) in [5, 5.41) is 8.70. The third kappa shape index (κ3) is 4.51. The summed E-state index contributed by atoms with van der Waals surface area (Å²) in [6, 6.07) is 6.41. The van der Waals surface area contributed by atoms with Crippen LogP contribution in [-0.2, 0) is 9.53 Å². The summed E-state index contributed by atoms with van der Waals surface area (Å²) >= 11 is 0. The molecule has 0 amide bonds. The van der Waals surface area contributed by atoms with Gasteiger partial charge in [0.2, 0.25) is 0 Å². The Labute approximate surface area is 99.5 Å². The first-order chi connectivity index (χ1) is 8.13. The Bertz CT molecular complexity index is 418. The molecule has 1 rings (SSSR count). The second kappa shape index (κ2) is 6.48. The van der Waals surface area contributed by atoms with Gasteiger partial charge in [-0.05, 0) is 24.6 Å². The number of carbonyl (C=O) groups excluding carboxylic acids is 1. The van der Waals surface area contributed by atoms with Crippen molar-refractivity contribution in [3.8, 4) is 0 Å². The van der Waals surface area contributed by atoms with Crippen molar-refractivity contribution in [1.82, 2.24) is 0 Å². The maximum Gasteiger partial charge on any atom is 0.335 e. The third-order valence-electron chi connectivity index (χ3n) is 2.06. The van der Waals surface area contributed by atoms with E-state index in [-0.39, 0.29) is 18.0 Å². The third-order valence-corrected chi connectivity index (χ3v) is 2.06. The lowest BCUT2D eigenvalue weighted by Crippen LogP contribution is -2.01. The number of carboxylic acid groups (broad SMARTS) is 1. The van der Waals surface area contributed by atoms with E-state index in [9.17, 15) is 9.59 Å². The van der Waals surface area contributed by atoms with Crippen LogP contribution in [0.15, 0.2) is 30.3 Å². The topological polar surface area (TPSA) is 63.6 Å². The zero-order chi connectivity index (χ0) is 12.7. The van der Waals surface area contributed by atoms with Gasteiger partial charge in [-0.15, -0.1) is 0 Å². The normalized spacial score (nSPS) is 10.4. The minimum atomic E-state index is -0.952. The maximum absolute atomic E-state index is 11.0. The van der Waals surface area contributed by atoms with E-state index >= 15 is 0 Å². The van der Waals surface area contributed by atoms with Crippen LogP contribution in [0.3, 0.4) is 0 Å². The van der Waals surface area contributed by atoms with Crippen LogP contribution in [0, 0.1) is 0 Å². The number of hydrogen-bond donors (Lipinski definition) is 1. The van der Waals surface area contributed by atoms with Crippen molar-refractivity contribution in [3.63, 3.8) is 0 Å². The molecule has 0 radical (unpaired) electrons. The molecule has 1 aromatic rings. The SMILES string of the molecule is CCOC(=O)CC=Cc1ccc(C(=O)O)cc1. The molecule has 1 aromatic carbocycles. The van der Waals surface area contributed by atoms with Crippen LogP contribution in [0.1, 0.15) is 29.3 Å². The average molecular weight is 234 g/mol. The summed E-state index contributed by atoms with van der Waals surface area (Å²) in [4.78, 5) is 21.6. The van der Waals surface area contributed by atoms with Crippen LogP contribution >= 0.6 is 0 Å². The first kappa shape index (κ1) is 13.0. The van der Waals surface area contributed by atoms with E-state index in [1.54, 1.807) is 31.2 Å². The zero-order valence-electron chi connectivity index (χ0n) is 9.55. The quantitative estimate of drug-likeness (QED) is 0.794. The molecule has 4 nitrogen and oxygen atoms in total. The van der Waals surface area contributed by atoms with Crippen molar-refractivity contribution < 1.29 is 19.4 Å². The lowest BCUT2D eigenvalue weighted by atomic mass is 10.1. The molecule has 0 aliphatic heterocycles. The Hall–Kier alpha value is -2.10. The molecule has 90 valence electrons. The Morgan fingerprint density at radius 2 is 1.94 bits per heavy atom. The van der Waals surface area contributed by atoms with Gasteiger partial charge in [-0.3, -0.25) is 4.79 Å². The predicted molar refractivity (Wildman–Crippen MR) is 63.7 cm³/mol. The summed E-state index contributed by atoms with van der Waals surface area (Å²) in [7, 11) is 0. The van der Waals surface area contributed by atoms with E-state index in [4.69, 9.17) is 9.84 Å². The van der Waals surface area contributed by atoms with Gasteiger partial charge >= 0.3 is 11.9 Å². The molecule has 0 fully saturated rings. The highest BCUT2D eigenvalue weighted by Gasteiger charge is 2.00. The fraction of sp³-hybridized carbons (Fsp3) is 0.231. The van der Waals surface area contributed by atoms with Crippen molar-refractivity contribution in [2.45, 2.75) is 13.3 Å². The lowest BCUT2D eigenvalue weighted by molar-refractivity contribution is -0.142. The standard InChI is InChI=1S/C13H14O4/c1-2-17-12(14)5-3-4-10-6-8-11(9-7-10)13(15)16/h3-4,6-9H,2,5H2,1H3,(H,15,16). The van der Waals surface area contributed by atoms with Crippen LogP contribution in [0.25, 0.3) is 6.08 Å². The number of carboxylic acids is 1. The van der Waals surface area contributed by atoms with Crippen LogP contribution in [0.4, 0.5) is 0 Å². The molecule has 17 heavy (non-hydrogen) atoms. The molecule has 0 saturated heterocycles. The number of ether oxygens (including phenoxy) is 1. The monoisotopic (exact) mass is 234 g/mol. The second-order valence-electron chi connectivity index (χ2n) is 3.34. The van der Waals surface area contributed by atoms with E-state index < -0.39 is 5.97 Å². The first-order valence-corrected chi connectivity index (χ1v) is 5.29. The van der Waals surface area contributed by atoms with Crippen molar-refractivity contribution in [1.29, 1.82) is 0 Å². The fourth-order valence-corrected chi connectivity index (χ4v) is 1.25. The van der Waals surface area contributed by atoms with E-state index in [1.807, 2.05) is 0 Å². The van der Waals surface area contributed by atoms with Crippen LogP contribution in [-0.4, -0.2) is 23.7 Å². The largest absolute Gasteiger partial charge is 0.478 e. The van der Waals surface area contributed by atoms with Crippen molar-refractivity contribution >= 4 is 18.0 Å². The molecule has 0 saturated carbocycles. The number of esters is 1. The van der Waals surface area contributed by atoms with Gasteiger partial charge in [0.15, 0.2) is 0 Å². The van der Waals surface area contributed by atoms with Gasteiger partial charge in [0.1, 0.15) is 0 Å². The first-order valence-electron chi connectivity index (χ1n) is 5.29. The van der Waals surface area contributed by atoms with E-state index in [0.717, 1.165) is 5.56 Å². The van der Waals surface area contributed by atoms with Crippen molar-refractivity contribution in [2.24, 2.45) is 0 Å². The molecule has 0 atom stereocenters. The van der Waals surface area contributed by atoms with Gasteiger partial charge in [-0.25, -0.2) is 4.79 Å². The summed E-state index contributed by atoms with van der Waals surface area (Å²) in [6.07, 6.45) is 3.66. The molecular formula is C13H14O4. The highest BCUT2D eigenvalue weighted by Crippen LogP contribution is 2.06. The van der Waals surface area contributed by atoms with Gasteiger partial charge < -0.3 is 9.84 Å². The van der Waals surface area contributed by atoms with Gasteiger partial charge in [0.05, 0.1) is 18.6 Å². The molecule has 0 spiro atoms. The van der Waals surface area contributed by atoms with Crippen LogP contribution in [0.5, 0.6) is 0 Å². The van der Waals surface area contributed by atoms with Crippen molar-refractivity contribution in [3.05, 3.63) is 41.5 Å². The lowest BCUT2D eigenvalue weighted by Gasteiger charge is -1.97. The Balaban J connectivity index is 2.54. The number of hydrogen-bond acceptors (Lipinski definition) is 3. The molecule has 0 aromatic heterocycles. The Kier molecular flexibility index (Phi) is 4.94. The summed E-state index contributed by atoms with van der Waals surface area (Å²) in [5.41, 5.74) is 1.09. The molecule has 0 aliphatic carbocycles. The van der Waals surface area contributed by atoms with Gasteiger partial charge in [0, 0.05) is 0 Å². The molecule has 0 aliphatic rings. The molecule has 4 heteroatoms. The number of carbonyl (C=O) groups is 2. The highest BCUT2D eigenvalue weighted by molar-refractivity contribution is 5.87. The summed E-state index contributed by atoms with van der Waals surface area (Å²) in [6.45, 7) is 2.13. The van der Waals surface area contributed by atoms with Crippen molar-refractivity contribution in [2.75, 3.05) is 6.61 Å². The Morgan fingerprint density at radius 1 is 1.29 bits per heavy atom.